The van der Waals surface area contributed by atoms with Crippen molar-refractivity contribution < 1.29 is 23.9 Å². The van der Waals surface area contributed by atoms with E-state index in [4.69, 9.17) is 9.47 Å². The zero-order chi connectivity index (χ0) is 22.9. The van der Waals surface area contributed by atoms with Crippen molar-refractivity contribution in [3.05, 3.63) is 71.3 Å². The van der Waals surface area contributed by atoms with Gasteiger partial charge in [0.25, 0.3) is 5.91 Å². The predicted molar refractivity (Wildman–Crippen MR) is 121 cm³/mol. The van der Waals surface area contributed by atoms with Gasteiger partial charge in [-0.2, -0.15) is 0 Å². The first kappa shape index (κ1) is 23.1. The molecule has 1 aliphatic heterocycles. The third-order valence-corrected chi connectivity index (χ3v) is 5.18. The number of ether oxygens (including phenoxy) is 2. The molecule has 0 saturated carbocycles. The summed E-state index contributed by atoms with van der Waals surface area (Å²) in [5.41, 5.74) is 2.62. The lowest BCUT2D eigenvalue weighted by Crippen LogP contribution is -2.46. The monoisotopic (exact) mass is 436 g/mol. The van der Waals surface area contributed by atoms with Crippen LogP contribution >= 0.6 is 0 Å². The van der Waals surface area contributed by atoms with E-state index in [1.165, 1.54) is 0 Å². The van der Waals surface area contributed by atoms with E-state index in [0.717, 1.165) is 11.1 Å². The average molecular weight is 437 g/mol. The molecule has 1 saturated heterocycles. The van der Waals surface area contributed by atoms with Crippen molar-refractivity contribution in [2.45, 2.75) is 32.7 Å². The van der Waals surface area contributed by atoms with Gasteiger partial charge in [0.15, 0.2) is 0 Å². The molecule has 0 spiro atoms. The maximum absolute atomic E-state index is 12.5. The molecular formula is C25H28N2O5. The summed E-state index contributed by atoms with van der Waals surface area (Å²) in [5, 5.41) is 3.01. The molecule has 3 rings (SSSR count). The van der Waals surface area contributed by atoms with Gasteiger partial charge in [-0.3, -0.25) is 9.59 Å². The predicted octanol–water partition coefficient (Wildman–Crippen LogP) is 3.96. The van der Waals surface area contributed by atoms with Gasteiger partial charge in [0.05, 0.1) is 6.61 Å². The van der Waals surface area contributed by atoms with E-state index in [2.05, 4.69) is 5.32 Å². The van der Waals surface area contributed by atoms with Crippen LogP contribution in [0.15, 0.2) is 54.6 Å². The Morgan fingerprint density at radius 3 is 2.47 bits per heavy atom. The van der Waals surface area contributed by atoms with Gasteiger partial charge in [0.1, 0.15) is 5.75 Å². The van der Waals surface area contributed by atoms with Crippen LogP contribution in [-0.2, 0) is 9.53 Å². The maximum Gasteiger partial charge on any atom is 0.513 e. The number of nitrogens with one attached hydrogen (secondary N) is 1. The highest BCUT2D eigenvalue weighted by Crippen LogP contribution is 2.16. The van der Waals surface area contributed by atoms with Crippen LogP contribution in [0.1, 0.15) is 41.3 Å². The molecule has 0 radical (unpaired) electrons. The largest absolute Gasteiger partial charge is 0.513 e. The summed E-state index contributed by atoms with van der Waals surface area (Å²) in [6.45, 7) is 5.12. The normalized spacial score (nSPS) is 14.2. The fourth-order valence-corrected chi connectivity index (χ4v) is 3.48. The zero-order valence-electron chi connectivity index (χ0n) is 18.4. The molecule has 32 heavy (non-hydrogen) atoms. The van der Waals surface area contributed by atoms with Crippen molar-refractivity contribution in [2.24, 2.45) is 0 Å². The van der Waals surface area contributed by atoms with E-state index in [1.54, 1.807) is 42.2 Å². The topological polar surface area (TPSA) is 84.9 Å². The second-order valence-corrected chi connectivity index (χ2v) is 7.63. The first-order valence-electron chi connectivity index (χ1n) is 10.7. The van der Waals surface area contributed by atoms with Crippen LogP contribution in [0.25, 0.3) is 6.08 Å². The van der Waals surface area contributed by atoms with E-state index in [-0.39, 0.29) is 24.5 Å². The molecule has 0 atom stereocenters. The van der Waals surface area contributed by atoms with Gasteiger partial charge in [-0.05, 0) is 62.6 Å². The fraction of sp³-hybridized carbons (Fsp3) is 0.320. The van der Waals surface area contributed by atoms with Gasteiger partial charge in [-0.25, -0.2) is 4.79 Å². The molecule has 0 aromatic heterocycles. The Kier molecular flexibility index (Phi) is 8.02. The number of benzene rings is 2. The average Bonchev–Trinajstić information content (AvgIpc) is 2.78. The molecule has 1 fully saturated rings. The Labute approximate surface area is 188 Å². The summed E-state index contributed by atoms with van der Waals surface area (Å²) in [7, 11) is 0. The smallest absolute Gasteiger partial charge is 0.434 e. The number of likely N-dealkylation sites (tertiary alicyclic amines) is 1. The van der Waals surface area contributed by atoms with Crippen molar-refractivity contribution >= 4 is 24.0 Å². The SMILES string of the molecule is CCOC(=O)Oc1ccc(C(=O)NC2CCN(C(=O)/C=C/c3cccc(C)c3)CC2)cc1. The number of hydrogen-bond donors (Lipinski definition) is 1. The van der Waals surface area contributed by atoms with Crippen LogP contribution in [0.2, 0.25) is 0 Å². The van der Waals surface area contributed by atoms with Gasteiger partial charge >= 0.3 is 6.16 Å². The van der Waals surface area contributed by atoms with Crippen LogP contribution in [0, 0.1) is 6.92 Å². The minimum absolute atomic E-state index is 0.00256. The van der Waals surface area contributed by atoms with Crippen molar-refractivity contribution in [3.63, 3.8) is 0 Å². The van der Waals surface area contributed by atoms with E-state index in [9.17, 15) is 14.4 Å². The second kappa shape index (κ2) is 11.1. The summed E-state index contributed by atoms with van der Waals surface area (Å²) >= 11 is 0. The molecule has 1 aliphatic rings. The highest BCUT2D eigenvalue weighted by atomic mass is 16.7. The van der Waals surface area contributed by atoms with Crippen LogP contribution in [0.4, 0.5) is 4.79 Å². The Bertz CT molecular complexity index is 976. The van der Waals surface area contributed by atoms with Crippen molar-refractivity contribution in [3.8, 4) is 5.75 Å². The summed E-state index contributed by atoms with van der Waals surface area (Å²) < 4.78 is 9.71. The number of amides is 2. The lowest BCUT2D eigenvalue weighted by molar-refractivity contribution is -0.127. The van der Waals surface area contributed by atoms with Crippen LogP contribution in [-0.4, -0.2) is 48.6 Å². The second-order valence-electron chi connectivity index (χ2n) is 7.63. The first-order chi connectivity index (χ1) is 15.4. The number of hydrogen-bond acceptors (Lipinski definition) is 5. The lowest BCUT2D eigenvalue weighted by Gasteiger charge is -2.31. The standard InChI is InChI=1S/C25H28N2O5/c1-3-31-25(30)32-22-10-8-20(9-11-22)24(29)26-21-13-15-27(16-14-21)23(28)12-7-19-6-4-5-18(2)17-19/h4-12,17,21H,3,13-16H2,1-2H3,(H,26,29)/b12-7+. The highest BCUT2D eigenvalue weighted by molar-refractivity contribution is 5.94. The third-order valence-electron chi connectivity index (χ3n) is 5.18. The molecule has 2 aromatic rings. The molecule has 1 heterocycles. The molecule has 168 valence electrons. The fourth-order valence-electron chi connectivity index (χ4n) is 3.48. The number of carbonyl (C=O) groups is 3. The molecule has 1 N–H and O–H groups in total. The van der Waals surface area contributed by atoms with Gasteiger partial charge in [0.2, 0.25) is 5.91 Å². The summed E-state index contributed by atoms with van der Waals surface area (Å²) in [5.74, 6) is 0.0933. The molecule has 2 amide bonds. The molecule has 2 aromatic carbocycles. The molecule has 0 bridgehead atoms. The Balaban J connectivity index is 1.45. The third kappa shape index (κ3) is 6.70. The van der Waals surface area contributed by atoms with E-state index < -0.39 is 6.16 Å². The number of carbonyl (C=O) groups excluding carboxylic acids is 3. The molecular weight excluding hydrogens is 408 g/mol. The van der Waals surface area contributed by atoms with Crippen molar-refractivity contribution in [1.29, 1.82) is 0 Å². The van der Waals surface area contributed by atoms with Gasteiger partial charge < -0.3 is 19.7 Å². The number of rotatable bonds is 6. The molecule has 7 nitrogen and oxygen atoms in total. The number of aryl methyl sites for hydroxylation is 1. The van der Waals surface area contributed by atoms with Crippen molar-refractivity contribution in [2.75, 3.05) is 19.7 Å². The van der Waals surface area contributed by atoms with Crippen LogP contribution < -0.4 is 10.1 Å². The van der Waals surface area contributed by atoms with E-state index >= 15 is 0 Å². The number of piperidine rings is 1. The number of nitrogens with zero attached hydrogens (tertiary/aromatic N) is 1. The Hall–Kier alpha value is -3.61. The maximum atomic E-state index is 12.5. The minimum Gasteiger partial charge on any atom is -0.434 e. The summed E-state index contributed by atoms with van der Waals surface area (Å²) in [4.78, 5) is 38.1. The Morgan fingerprint density at radius 2 is 1.81 bits per heavy atom. The van der Waals surface area contributed by atoms with Crippen LogP contribution in [0.5, 0.6) is 5.75 Å². The minimum atomic E-state index is -0.778. The first-order valence-corrected chi connectivity index (χ1v) is 10.7. The zero-order valence-corrected chi connectivity index (χ0v) is 18.4. The van der Waals surface area contributed by atoms with Gasteiger partial charge in [0, 0.05) is 30.8 Å². The molecule has 7 heteroatoms. The quantitative estimate of drug-likeness (QED) is 0.421. The molecule has 0 aliphatic carbocycles. The van der Waals surface area contributed by atoms with E-state index in [0.29, 0.717) is 37.2 Å². The highest BCUT2D eigenvalue weighted by Gasteiger charge is 2.23. The van der Waals surface area contributed by atoms with Crippen molar-refractivity contribution in [1.82, 2.24) is 10.2 Å². The van der Waals surface area contributed by atoms with Crippen LogP contribution in [0.3, 0.4) is 0 Å². The lowest BCUT2D eigenvalue weighted by atomic mass is 10.0. The Morgan fingerprint density at radius 1 is 1.09 bits per heavy atom. The molecule has 0 unspecified atom stereocenters. The summed E-state index contributed by atoms with van der Waals surface area (Å²) in [6.07, 6.45) is 4.05. The van der Waals surface area contributed by atoms with Gasteiger partial charge in [-0.15, -0.1) is 0 Å². The van der Waals surface area contributed by atoms with E-state index in [1.807, 2.05) is 37.3 Å². The van der Waals surface area contributed by atoms with Gasteiger partial charge in [-0.1, -0.05) is 29.8 Å². The summed E-state index contributed by atoms with van der Waals surface area (Å²) in [6, 6.07) is 14.3.